The average molecular weight is 636 g/mol. The minimum absolute atomic E-state index is 0. The number of methoxy groups -OCH3 is 1. The molecule has 0 saturated heterocycles. The molecule has 0 aromatic carbocycles. The van der Waals surface area contributed by atoms with Crippen LogP contribution in [0.4, 0.5) is 0 Å². The fraction of sp³-hybridized carbons (Fsp3) is 0.733. The number of nitrogens with two attached hydrogens (primary N) is 1. The Labute approximate surface area is 262 Å². The van der Waals surface area contributed by atoms with Gasteiger partial charge in [-0.2, -0.15) is 0 Å². The van der Waals surface area contributed by atoms with Crippen LogP contribution in [0.25, 0.3) is 0 Å². The van der Waals surface area contributed by atoms with Gasteiger partial charge in [0.25, 0.3) is 23.6 Å². The van der Waals surface area contributed by atoms with Crippen molar-refractivity contribution >= 4 is 23.6 Å². The van der Waals surface area contributed by atoms with Crippen molar-refractivity contribution in [3.05, 3.63) is 24.3 Å². The van der Waals surface area contributed by atoms with E-state index < -0.39 is 47.4 Å². The summed E-state index contributed by atoms with van der Waals surface area (Å²) in [7, 11) is 1.51. The van der Waals surface area contributed by atoms with Crippen molar-refractivity contribution in [2.75, 3.05) is 73.0 Å². The number of imide groups is 2. The number of aliphatic hydroxyl groups is 3. The first-order chi connectivity index (χ1) is 19.1. The molecule has 2 aliphatic heterocycles. The Morgan fingerprint density at radius 2 is 0.955 bits per heavy atom. The highest BCUT2D eigenvalue weighted by atomic mass is 16.5. The van der Waals surface area contributed by atoms with Gasteiger partial charge in [0, 0.05) is 57.8 Å². The van der Waals surface area contributed by atoms with Gasteiger partial charge in [-0.25, -0.2) is 0 Å². The van der Waals surface area contributed by atoms with Crippen LogP contribution in [-0.2, 0) is 38.1 Å². The minimum Gasteiger partial charge on any atom is -0.392 e. The summed E-state index contributed by atoms with van der Waals surface area (Å²) in [5.41, 5.74) is 4.65. The summed E-state index contributed by atoms with van der Waals surface area (Å²) in [4.78, 5) is 48.6. The van der Waals surface area contributed by atoms with E-state index >= 15 is 0 Å². The van der Waals surface area contributed by atoms with E-state index in [0.29, 0.717) is 6.42 Å². The van der Waals surface area contributed by atoms with Gasteiger partial charge < -0.3 is 40.0 Å². The molecule has 2 rings (SSSR count). The molecule has 258 valence electrons. The van der Waals surface area contributed by atoms with Crippen molar-refractivity contribution in [2.24, 2.45) is 11.1 Å². The number of aliphatic hydroxyl groups excluding tert-OH is 3. The standard InChI is InChI=1S/C26H41N3O11.4CH4/c1-37-15-26(16-38-9-6-19(30)12-27,17-39-10-7-20(31)13-28-22(33)2-3-23(28)34)18-40-11-8-21(32)14-29-24(35)4-5-25(29)36;;;;/h2-5,19-21,30-32H,6-18,27H2,1H3;4*1H4. The summed E-state index contributed by atoms with van der Waals surface area (Å²) in [6.45, 7) is 0.857. The van der Waals surface area contributed by atoms with Crippen molar-refractivity contribution in [1.29, 1.82) is 0 Å². The quantitative estimate of drug-likeness (QED) is 0.0937. The van der Waals surface area contributed by atoms with Gasteiger partial charge in [0.05, 0.1) is 63.2 Å². The fourth-order valence-corrected chi connectivity index (χ4v) is 4.02. The predicted molar refractivity (Wildman–Crippen MR) is 166 cm³/mol. The highest BCUT2D eigenvalue weighted by molar-refractivity contribution is 6.13. The van der Waals surface area contributed by atoms with E-state index in [2.05, 4.69) is 0 Å². The molecule has 14 nitrogen and oxygen atoms in total. The van der Waals surface area contributed by atoms with Crippen LogP contribution >= 0.6 is 0 Å². The lowest BCUT2D eigenvalue weighted by Crippen LogP contribution is -2.42. The Morgan fingerprint density at radius 3 is 1.25 bits per heavy atom. The number of amides is 4. The predicted octanol–water partition coefficient (Wildman–Crippen LogP) is 0.275. The maximum atomic E-state index is 11.7. The molecule has 2 heterocycles. The second-order valence-corrected chi connectivity index (χ2v) is 9.89. The van der Waals surface area contributed by atoms with E-state index in [1.807, 2.05) is 0 Å². The topological polar surface area (TPSA) is 198 Å². The zero-order valence-corrected chi connectivity index (χ0v) is 22.8. The van der Waals surface area contributed by atoms with Crippen molar-refractivity contribution in [3.63, 3.8) is 0 Å². The van der Waals surface area contributed by atoms with E-state index in [1.54, 1.807) is 0 Å². The minimum atomic E-state index is -0.971. The van der Waals surface area contributed by atoms with Crippen LogP contribution in [0.5, 0.6) is 0 Å². The van der Waals surface area contributed by atoms with Gasteiger partial charge in [0.1, 0.15) is 0 Å². The Balaban J connectivity index is -0.00000420. The Hall–Kier alpha value is -2.56. The van der Waals surface area contributed by atoms with Gasteiger partial charge in [0.2, 0.25) is 0 Å². The van der Waals surface area contributed by atoms with Crippen molar-refractivity contribution < 1.29 is 53.4 Å². The summed E-state index contributed by atoms with van der Waals surface area (Å²) in [6, 6.07) is 0. The molecule has 0 aliphatic carbocycles. The molecular weight excluding hydrogens is 578 g/mol. The molecule has 0 aromatic heterocycles. The highest BCUT2D eigenvalue weighted by Crippen LogP contribution is 2.21. The van der Waals surface area contributed by atoms with Crippen molar-refractivity contribution in [3.8, 4) is 0 Å². The molecular formula is C30H57N3O11. The van der Waals surface area contributed by atoms with Crippen molar-refractivity contribution in [2.45, 2.75) is 67.3 Å². The van der Waals surface area contributed by atoms with Gasteiger partial charge in [-0.05, 0) is 19.3 Å². The first-order valence-electron chi connectivity index (χ1n) is 13.1. The van der Waals surface area contributed by atoms with E-state index in [4.69, 9.17) is 24.7 Å². The first kappa shape index (κ1) is 45.9. The normalized spacial score (nSPS) is 17.4. The molecule has 0 bridgehead atoms. The number of hydrogen-bond acceptors (Lipinski definition) is 12. The molecule has 3 unspecified atom stereocenters. The number of nitrogens with zero attached hydrogens (tertiary/aromatic N) is 2. The third kappa shape index (κ3) is 15.4. The second kappa shape index (κ2) is 23.8. The number of hydrogen-bond donors (Lipinski definition) is 4. The van der Waals surface area contributed by atoms with Crippen LogP contribution in [0.3, 0.4) is 0 Å². The van der Waals surface area contributed by atoms with Gasteiger partial charge >= 0.3 is 0 Å². The molecule has 0 fully saturated rings. The molecule has 44 heavy (non-hydrogen) atoms. The lowest BCUT2D eigenvalue weighted by Gasteiger charge is -2.33. The maximum Gasteiger partial charge on any atom is 0.253 e. The molecule has 5 N–H and O–H groups in total. The van der Waals surface area contributed by atoms with E-state index in [0.717, 1.165) is 34.1 Å². The molecule has 14 heteroatoms. The largest absolute Gasteiger partial charge is 0.392 e. The fourth-order valence-electron chi connectivity index (χ4n) is 4.02. The van der Waals surface area contributed by atoms with Crippen molar-refractivity contribution in [1.82, 2.24) is 9.80 Å². The number of β-amino-alcohol motifs (C(OH)–C–C–N with tert-alkyl or cyclic N) is 2. The van der Waals surface area contributed by atoms with Gasteiger partial charge in [0.15, 0.2) is 0 Å². The third-order valence-electron chi connectivity index (χ3n) is 6.32. The first-order valence-corrected chi connectivity index (χ1v) is 13.1. The van der Waals surface area contributed by atoms with Crippen LogP contribution in [-0.4, -0.2) is 140 Å². The number of ether oxygens (including phenoxy) is 4. The third-order valence-corrected chi connectivity index (χ3v) is 6.32. The monoisotopic (exact) mass is 635 g/mol. The van der Waals surface area contributed by atoms with Gasteiger partial charge in [-0.3, -0.25) is 29.0 Å². The smallest absolute Gasteiger partial charge is 0.253 e. The highest BCUT2D eigenvalue weighted by Gasteiger charge is 2.33. The van der Waals surface area contributed by atoms with Crippen LogP contribution in [0, 0.1) is 5.41 Å². The summed E-state index contributed by atoms with van der Waals surface area (Å²) in [6.07, 6.45) is 2.64. The van der Waals surface area contributed by atoms with Crippen LogP contribution in [0.1, 0.15) is 49.0 Å². The number of carbonyl (C=O) groups excluding carboxylic acids is 4. The molecule has 0 aromatic rings. The lowest BCUT2D eigenvalue weighted by molar-refractivity contribution is -0.140. The summed E-state index contributed by atoms with van der Waals surface area (Å²) in [5, 5.41) is 30.2. The maximum absolute atomic E-state index is 11.7. The number of carbonyl (C=O) groups is 4. The number of rotatable bonds is 22. The molecule has 0 spiro atoms. The average Bonchev–Trinajstić information content (AvgIpc) is 3.41. The summed E-state index contributed by atoms with van der Waals surface area (Å²) in [5.74, 6) is -1.89. The Bertz CT molecular complexity index is 819. The molecule has 0 radical (unpaired) electrons. The van der Waals surface area contributed by atoms with E-state index in [9.17, 15) is 34.5 Å². The van der Waals surface area contributed by atoms with E-state index in [-0.39, 0.29) is 108 Å². The summed E-state index contributed by atoms with van der Waals surface area (Å²) < 4.78 is 22.8. The zero-order chi connectivity index (χ0) is 29.5. The molecule has 4 amide bonds. The summed E-state index contributed by atoms with van der Waals surface area (Å²) >= 11 is 0. The second-order valence-electron chi connectivity index (χ2n) is 9.89. The van der Waals surface area contributed by atoms with E-state index in [1.165, 1.54) is 7.11 Å². The Morgan fingerprint density at radius 1 is 0.636 bits per heavy atom. The molecule has 3 atom stereocenters. The SMILES string of the molecule is C.C.C.C.COCC(COCCC(O)CN)(COCCC(O)CN1C(=O)C=CC1=O)COCCC(O)CN1C(=O)C=CC1=O. The zero-order valence-electron chi connectivity index (χ0n) is 22.8. The molecule has 2 aliphatic rings. The van der Waals surface area contributed by atoms with Gasteiger partial charge in [-0.15, -0.1) is 0 Å². The Kier molecular flexibility index (Phi) is 24.8. The van der Waals surface area contributed by atoms with Crippen LogP contribution < -0.4 is 5.73 Å². The lowest BCUT2D eigenvalue weighted by atomic mass is 9.92. The van der Waals surface area contributed by atoms with Gasteiger partial charge in [-0.1, -0.05) is 29.7 Å². The van der Waals surface area contributed by atoms with Crippen LogP contribution in [0.2, 0.25) is 0 Å². The molecule has 0 saturated carbocycles. The van der Waals surface area contributed by atoms with Crippen LogP contribution in [0.15, 0.2) is 24.3 Å².